The van der Waals surface area contributed by atoms with Gasteiger partial charge in [0, 0.05) is 13.0 Å². The highest BCUT2D eigenvalue weighted by Crippen LogP contribution is 2.47. The maximum atomic E-state index is 12.8. The van der Waals surface area contributed by atoms with E-state index in [4.69, 9.17) is 18.5 Å². The third kappa shape index (κ3) is 33.1. The van der Waals surface area contributed by atoms with Crippen molar-refractivity contribution >= 4 is 13.8 Å². The zero-order valence-corrected chi connectivity index (χ0v) is 41.2. The molecule has 0 aliphatic heterocycles. The summed E-state index contributed by atoms with van der Waals surface area (Å²) in [6, 6.07) is 0. The Hall–Kier alpha value is -1.44. The van der Waals surface area contributed by atoms with Gasteiger partial charge >= 0.3 is 13.8 Å². The predicted molar refractivity (Wildman–Crippen MR) is 258 cm³/mol. The highest BCUT2D eigenvalue weighted by atomic mass is 31.2. The molecule has 0 saturated heterocycles. The van der Waals surface area contributed by atoms with Gasteiger partial charge in [0.1, 0.15) is 42.7 Å². The van der Waals surface area contributed by atoms with Crippen molar-refractivity contribution in [2.45, 2.75) is 262 Å². The predicted octanol–water partition coefficient (Wildman–Crippen LogP) is 11.4. The number of carbonyl (C=O) groups excluding carboxylic acids is 1. The Labute approximate surface area is 389 Å². The first-order valence-corrected chi connectivity index (χ1v) is 27.3. The molecule has 6 N–H and O–H groups in total. The minimum Gasteiger partial charge on any atom is -0.457 e. The molecule has 13 heteroatoms. The van der Waals surface area contributed by atoms with Gasteiger partial charge in [0.2, 0.25) is 0 Å². The van der Waals surface area contributed by atoms with Crippen LogP contribution >= 0.6 is 7.82 Å². The highest BCUT2D eigenvalue weighted by molar-refractivity contribution is 7.47. The molecule has 0 aromatic rings. The van der Waals surface area contributed by atoms with Crippen LogP contribution in [0.2, 0.25) is 0 Å². The Bertz CT molecular complexity index is 1200. The molecule has 0 aromatic carbocycles. The van der Waals surface area contributed by atoms with Gasteiger partial charge in [-0.05, 0) is 44.9 Å². The van der Waals surface area contributed by atoms with Crippen molar-refractivity contribution in [3.63, 3.8) is 0 Å². The second-order valence-corrected chi connectivity index (χ2v) is 19.4. The van der Waals surface area contributed by atoms with Crippen molar-refractivity contribution in [1.82, 2.24) is 0 Å². The van der Waals surface area contributed by atoms with Crippen LogP contribution in [0.5, 0.6) is 0 Å². The van der Waals surface area contributed by atoms with Crippen LogP contribution in [0.3, 0.4) is 0 Å². The Kier molecular flexibility index (Phi) is 39.5. The molecule has 1 aliphatic rings. The van der Waals surface area contributed by atoms with Gasteiger partial charge in [0.15, 0.2) is 0 Å². The smallest absolute Gasteiger partial charge is 0.457 e. The van der Waals surface area contributed by atoms with Gasteiger partial charge in [-0.15, -0.1) is 0 Å². The van der Waals surface area contributed by atoms with E-state index in [9.17, 15) is 39.8 Å². The van der Waals surface area contributed by atoms with Gasteiger partial charge < -0.3 is 39.9 Å². The molecule has 0 radical (unpaired) electrons. The lowest BCUT2D eigenvalue weighted by Gasteiger charge is -2.41. The monoisotopic (exact) mass is 931 g/mol. The fourth-order valence-corrected chi connectivity index (χ4v) is 8.93. The highest BCUT2D eigenvalue weighted by Gasteiger charge is 2.51. The normalized spacial score (nSPS) is 21.9. The number of aliphatic hydroxyl groups excluding tert-OH is 5. The SMILES string of the molecule is CC/C=C\C/C=C\C/C=C\CCCCCCCC(=O)OC(COCCCCCCCCCCCCCCCCCCCCCCCC)COP(=O)(O)OC1C(O)C(O)C(O)C(O)C1O. The number of hydrogen-bond donors (Lipinski definition) is 6. The van der Waals surface area contributed by atoms with Gasteiger partial charge in [-0.25, -0.2) is 4.57 Å². The molecule has 1 aliphatic carbocycles. The second-order valence-electron chi connectivity index (χ2n) is 18.0. The third-order valence-electron chi connectivity index (χ3n) is 12.0. The summed E-state index contributed by atoms with van der Waals surface area (Å²) in [5.74, 6) is -0.491. The number of unbranched alkanes of at least 4 members (excludes halogenated alkanes) is 26. The van der Waals surface area contributed by atoms with Crippen molar-refractivity contribution in [3.05, 3.63) is 36.5 Å². The van der Waals surface area contributed by atoms with Crippen molar-refractivity contribution in [1.29, 1.82) is 0 Å². The summed E-state index contributed by atoms with van der Waals surface area (Å²) in [5.41, 5.74) is 0. The summed E-state index contributed by atoms with van der Waals surface area (Å²) >= 11 is 0. The quantitative estimate of drug-likeness (QED) is 0.0147. The molecule has 376 valence electrons. The summed E-state index contributed by atoms with van der Waals surface area (Å²) in [7, 11) is -5.02. The molecule has 6 unspecified atom stereocenters. The summed E-state index contributed by atoms with van der Waals surface area (Å²) in [6.45, 7) is 4.16. The summed E-state index contributed by atoms with van der Waals surface area (Å²) in [6.07, 6.45) is 37.9. The first-order chi connectivity index (χ1) is 31.0. The first-order valence-electron chi connectivity index (χ1n) is 25.8. The zero-order chi connectivity index (χ0) is 46.9. The van der Waals surface area contributed by atoms with E-state index < -0.39 is 63.1 Å². The number of phosphoric acid groups is 1. The number of rotatable bonds is 44. The minimum atomic E-state index is -5.02. The van der Waals surface area contributed by atoms with E-state index in [1.807, 2.05) is 0 Å². The molecular weight excluding hydrogens is 836 g/mol. The summed E-state index contributed by atoms with van der Waals surface area (Å²) < 4.78 is 34.3. The summed E-state index contributed by atoms with van der Waals surface area (Å²) in [4.78, 5) is 23.2. The van der Waals surface area contributed by atoms with Crippen LogP contribution < -0.4 is 0 Å². The number of carbonyl (C=O) groups is 1. The molecule has 1 fully saturated rings. The second kappa shape index (κ2) is 41.7. The van der Waals surface area contributed by atoms with Crippen LogP contribution in [0.25, 0.3) is 0 Å². The van der Waals surface area contributed by atoms with E-state index >= 15 is 0 Å². The first kappa shape index (κ1) is 60.6. The number of aliphatic hydroxyl groups is 5. The fraction of sp³-hybridized carbons (Fsp3) is 0.863. The van der Waals surface area contributed by atoms with Crippen molar-refractivity contribution in [3.8, 4) is 0 Å². The van der Waals surface area contributed by atoms with Gasteiger partial charge in [-0.3, -0.25) is 13.8 Å². The minimum absolute atomic E-state index is 0.0808. The number of esters is 1. The van der Waals surface area contributed by atoms with Crippen LogP contribution in [0.1, 0.15) is 219 Å². The lowest BCUT2D eigenvalue weighted by Crippen LogP contribution is -2.64. The molecule has 6 atom stereocenters. The molecular formula is C51H95O12P. The van der Waals surface area contributed by atoms with Crippen LogP contribution in [-0.2, 0) is 27.9 Å². The number of phosphoric ester groups is 1. The van der Waals surface area contributed by atoms with E-state index in [0.29, 0.717) is 13.0 Å². The van der Waals surface area contributed by atoms with Crippen molar-refractivity contribution in [2.24, 2.45) is 0 Å². The fourth-order valence-electron chi connectivity index (χ4n) is 7.96. The average Bonchev–Trinajstić information content (AvgIpc) is 3.28. The molecule has 0 amide bonds. The van der Waals surface area contributed by atoms with Crippen LogP contribution in [0.15, 0.2) is 36.5 Å². The van der Waals surface area contributed by atoms with Crippen LogP contribution in [0, 0.1) is 0 Å². The Morgan fingerprint density at radius 3 is 1.41 bits per heavy atom. The van der Waals surface area contributed by atoms with E-state index in [-0.39, 0.29) is 13.0 Å². The maximum Gasteiger partial charge on any atom is 0.472 e. The number of ether oxygens (including phenoxy) is 2. The van der Waals surface area contributed by atoms with Gasteiger partial charge in [-0.1, -0.05) is 204 Å². The van der Waals surface area contributed by atoms with E-state index in [1.54, 1.807) is 0 Å². The molecule has 64 heavy (non-hydrogen) atoms. The van der Waals surface area contributed by atoms with Crippen molar-refractivity contribution in [2.75, 3.05) is 19.8 Å². The van der Waals surface area contributed by atoms with Crippen LogP contribution in [0.4, 0.5) is 0 Å². The molecule has 1 rings (SSSR count). The molecule has 12 nitrogen and oxygen atoms in total. The van der Waals surface area contributed by atoms with E-state index in [0.717, 1.165) is 70.6 Å². The summed E-state index contributed by atoms with van der Waals surface area (Å²) in [5, 5.41) is 50.3. The molecule has 0 bridgehead atoms. The Balaban J connectivity index is 2.31. The van der Waals surface area contributed by atoms with E-state index in [2.05, 4.69) is 50.3 Å². The molecule has 0 aromatic heterocycles. The zero-order valence-electron chi connectivity index (χ0n) is 40.3. The third-order valence-corrected chi connectivity index (χ3v) is 13.0. The Morgan fingerprint density at radius 2 is 0.922 bits per heavy atom. The largest absolute Gasteiger partial charge is 0.472 e. The maximum absolute atomic E-state index is 12.8. The van der Waals surface area contributed by atoms with Gasteiger partial charge in [0.25, 0.3) is 0 Å². The average molecular weight is 931 g/mol. The molecule has 0 spiro atoms. The molecule has 0 heterocycles. The van der Waals surface area contributed by atoms with E-state index in [1.165, 1.54) is 122 Å². The van der Waals surface area contributed by atoms with Crippen molar-refractivity contribution < 1.29 is 58.3 Å². The lowest BCUT2D eigenvalue weighted by molar-refractivity contribution is -0.220. The van der Waals surface area contributed by atoms with Gasteiger partial charge in [-0.2, -0.15) is 0 Å². The standard InChI is InChI=1S/C51H95O12P/c1-3-5-7-9-11-13-15-17-19-20-21-22-23-24-25-27-29-31-33-35-37-39-41-60-42-44(43-61-64(58,59)63-51-49(56)47(54)46(53)48(55)50(51)57)62-45(52)40-38-36-34-32-30-28-26-18-16-14-12-10-8-6-4-2/h6,8,12,14,18,26,44,46-51,53-57H,3-5,7,9-11,13,15-17,19-25,27-43H2,1-2H3,(H,58,59)/b8-6-,14-12-,26-18-. The molecule has 1 saturated carbocycles. The van der Waals surface area contributed by atoms with Gasteiger partial charge in [0.05, 0.1) is 13.2 Å². The lowest BCUT2D eigenvalue weighted by atomic mass is 9.85. The number of allylic oxidation sites excluding steroid dienone is 6. The van der Waals surface area contributed by atoms with Crippen LogP contribution in [-0.4, -0.2) is 98.9 Å². The number of hydrogen-bond acceptors (Lipinski definition) is 11. The Morgan fingerprint density at radius 1 is 0.516 bits per heavy atom. The topological polar surface area (TPSA) is 192 Å².